The number of likely N-dealkylation sites (tertiary alicyclic amines) is 1. The van der Waals surface area contributed by atoms with Gasteiger partial charge in [-0.2, -0.15) is 8.78 Å². The standard InChI is InChI=1S/C35H45F2N6O10P/c1-34(48,54(49,50)51)21-11-22-38-33(47)53-28-15-9-8-14-27(28)32(46)52-24-43-40-30(39-41-43)16-7-2-3-10-23-42-26(18-20-31(42)45)17-19-29(44)35(36,37)25-12-5-4-6-13-25/h4-6,8-9,12-15,17,19,26,29,44,48H,2-3,7,10-11,16,18,20-24H2,1H3,(H,38,47)(H2,49,50,51)/b19-17+/t26-,29+,34?/m0/s1. The van der Waals surface area contributed by atoms with E-state index in [0.717, 1.165) is 37.1 Å². The molecule has 0 saturated carbocycles. The molecule has 19 heteroatoms. The van der Waals surface area contributed by atoms with E-state index in [-0.39, 0.29) is 54.9 Å². The summed E-state index contributed by atoms with van der Waals surface area (Å²) < 4.78 is 51.1. The maximum atomic E-state index is 14.7. The molecule has 1 aliphatic rings. The molecule has 294 valence electrons. The number of nitrogens with zero attached hydrogens (tertiary/aromatic N) is 5. The molecule has 2 heterocycles. The lowest BCUT2D eigenvalue weighted by Gasteiger charge is -2.24. The third-order valence-corrected chi connectivity index (χ3v) is 10.3. The number of unbranched alkanes of at least 4 members (excludes halogenated alkanes) is 3. The average molecular weight is 779 g/mol. The number of benzene rings is 2. The van der Waals surface area contributed by atoms with Gasteiger partial charge in [0.2, 0.25) is 12.6 Å². The predicted molar refractivity (Wildman–Crippen MR) is 188 cm³/mol. The van der Waals surface area contributed by atoms with E-state index < -0.39 is 37.0 Å². The summed E-state index contributed by atoms with van der Waals surface area (Å²) in [4.78, 5) is 58.6. The number of nitrogens with one attached hydrogen (secondary N) is 1. The van der Waals surface area contributed by atoms with Crippen LogP contribution in [-0.4, -0.2) is 93.7 Å². The Hall–Kier alpha value is -4.61. The van der Waals surface area contributed by atoms with Crippen LogP contribution in [0, 0.1) is 0 Å². The van der Waals surface area contributed by atoms with Crippen molar-refractivity contribution >= 4 is 25.6 Å². The van der Waals surface area contributed by atoms with Crippen LogP contribution in [0.5, 0.6) is 5.75 Å². The molecule has 1 aromatic heterocycles. The van der Waals surface area contributed by atoms with Gasteiger partial charge in [0, 0.05) is 31.5 Å². The Morgan fingerprint density at radius 2 is 1.78 bits per heavy atom. The Bertz CT molecular complexity index is 1790. The van der Waals surface area contributed by atoms with E-state index in [1.807, 2.05) is 0 Å². The average Bonchev–Trinajstić information content (AvgIpc) is 3.74. The van der Waals surface area contributed by atoms with Crippen LogP contribution in [0.4, 0.5) is 13.6 Å². The highest BCUT2D eigenvalue weighted by Crippen LogP contribution is 2.50. The van der Waals surface area contributed by atoms with Gasteiger partial charge in [0.1, 0.15) is 17.4 Å². The number of ether oxygens (including phenoxy) is 2. The van der Waals surface area contributed by atoms with E-state index in [9.17, 15) is 47.7 Å². The third-order valence-electron chi connectivity index (χ3n) is 8.81. The summed E-state index contributed by atoms with van der Waals surface area (Å²) in [5, 5.41) is 32.3. The zero-order valence-electron chi connectivity index (χ0n) is 29.7. The monoisotopic (exact) mass is 778 g/mol. The van der Waals surface area contributed by atoms with Crippen molar-refractivity contribution in [3.05, 3.63) is 83.7 Å². The fourth-order valence-electron chi connectivity index (χ4n) is 5.60. The van der Waals surface area contributed by atoms with Gasteiger partial charge in [0.25, 0.3) is 0 Å². The summed E-state index contributed by atoms with van der Waals surface area (Å²) in [5.41, 5.74) is -0.344. The molecule has 0 radical (unpaired) electrons. The number of carbonyl (C=O) groups is 3. The Morgan fingerprint density at radius 1 is 1.07 bits per heavy atom. The van der Waals surface area contributed by atoms with Crippen LogP contribution in [-0.2, 0) is 33.2 Å². The second kappa shape index (κ2) is 19.1. The lowest BCUT2D eigenvalue weighted by atomic mass is 10.0. The number of aromatic nitrogens is 4. The highest BCUT2D eigenvalue weighted by molar-refractivity contribution is 7.53. The van der Waals surface area contributed by atoms with Crippen molar-refractivity contribution < 1.29 is 57.2 Å². The van der Waals surface area contributed by atoms with Crippen molar-refractivity contribution in [1.29, 1.82) is 0 Å². The first-order chi connectivity index (χ1) is 25.6. The minimum Gasteiger partial charge on any atom is -0.437 e. The number of rotatable bonds is 20. The molecule has 0 bridgehead atoms. The zero-order valence-corrected chi connectivity index (χ0v) is 30.6. The molecule has 0 spiro atoms. The lowest BCUT2D eigenvalue weighted by Crippen LogP contribution is -2.34. The van der Waals surface area contributed by atoms with Crippen LogP contribution >= 0.6 is 7.60 Å². The number of para-hydroxylation sites is 1. The van der Waals surface area contributed by atoms with Crippen molar-refractivity contribution in [2.24, 2.45) is 0 Å². The summed E-state index contributed by atoms with van der Waals surface area (Å²) in [6, 6.07) is 12.6. The Labute approximate surface area is 310 Å². The third kappa shape index (κ3) is 11.9. The quantitative estimate of drug-likeness (QED) is 0.0473. The van der Waals surface area contributed by atoms with E-state index in [0.29, 0.717) is 38.1 Å². The minimum absolute atomic E-state index is 0.0433. The summed E-state index contributed by atoms with van der Waals surface area (Å²) in [7, 11) is -4.75. The maximum Gasteiger partial charge on any atom is 0.412 e. The highest BCUT2D eigenvalue weighted by Gasteiger charge is 2.40. The molecule has 1 saturated heterocycles. The van der Waals surface area contributed by atoms with E-state index in [2.05, 4.69) is 20.7 Å². The first kappa shape index (κ1) is 42.1. The fourth-order valence-corrected chi connectivity index (χ4v) is 6.04. The normalized spacial score (nSPS) is 16.7. The number of carbonyl (C=O) groups excluding carboxylic acids is 3. The first-order valence-corrected chi connectivity index (χ1v) is 19.1. The second-order valence-corrected chi connectivity index (χ2v) is 15.0. The molecule has 0 aliphatic carbocycles. The first-order valence-electron chi connectivity index (χ1n) is 17.4. The molecule has 2 amide bonds. The predicted octanol–water partition coefficient (Wildman–Crippen LogP) is 4.05. The van der Waals surface area contributed by atoms with E-state index in [4.69, 9.17) is 9.47 Å². The molecule has 1 unspecified atom stereocenters. The van der Waals surface area contributed by atoms with Crippen LogP contribution in [0.2, 0.25) is 0 Å². The summed E-state index contributed by atoms with van der Waals surface area (Å²) >= 11 is 0. The molecule has 16 nitrogen and oxygen atoms in total. The molecular formula is C35H45F2N6O10P. The van der Waals surface area contributed by atoms with Crippen LogP contribution < -0.4 is 10.1 Å². The molecule has 4 rings (SSSR count). The topological polar surface area (TPSA) is 227 Å². The number of aliphatic hydroxyl groups excluding tert-OH is 1. The molecule has 3 atom stereocenters. The second-order valence-electron chi connectivity index (χ2n) is 13.0. The van der Waals surface area contributed by atoms with Gasteiger partial charge in [-0.15, -0.1) is 15.0 Å². The largest absolute Gasteiger partial charge is 0.437 e. The zero-order chi connectivity index (χ0) is 39.4. The van der Waals surface area contributed by atoms with Gasteiger partial charge in [0.15, 0.2) is 11.2 Å². The van der Waals surface area contributed by atoms with E-state index >= 15 is 0 Å². The lowest BCUT2D eigenvalue weighted by molar-refractivity contribution is -0.128. The molecule has 5 N–H and O–H groups in total. The SMILES string of the molecule is CC(O)(CCCNC(=O)Oc1ccccc1C(=O)OCn1nnc(CCCCCCN2C(=O)CC[C@@H]2/C=C/[C@@H](O)C(F)(F)c2ccccc2)n1)P(=O)(O)O. The Balaban J connectivity index is 1.14. The molecule has 1 fully saturated rings. The highest BCUT2D eigenvalue weighted by atomic mass is 31.2. The number of hydrogen-bond donors (Lipinski definition) is 5. The fraction of sp³-hybridized carbons (Fsp3) is 0.486. The smallest absolute Gasteiger partial charge is 0.412 e. The maximum absolute atomic E-state index is 14.7. The van der Waals surface area contributed by atoms with Crippen molar-refractivity contribution in [3.63, 3.8) is 0 Å². The molecule has 3 aromatic rings. The number of alkyl halides is 2. The van der Waals surface area contributed by atoms with Crippen LogP contribution in [0.1, 0.15) is 80.0 Å². The van der Waals surface area contributed by atoms with Crippen molar-refractivity contribution in [2.45, 2.75) is 94.9 Å². The number of amides is 2. The van der Waals surface area contributed by atoms with Crippen molar-refractivity contribution in [3.8, 4) is 5.75 Å². The summed E-state index contributed by atoms with van der Waals surface area (Å²) in [5.74, 6) is -4.02. The number of hydrogen-bond acceptors (Lipinski definition) is 11. The van der Waals surface area contributed by atoms with Gasteiger partial charge in [-0.05, 0) is 56.4 Å². The van der Waals surface area contributed by atoms with Crippen LogP contribution in [0.25, 0.3) is 0 Å². The summed E-state index contributed by atoms with van der Waals surface area (Å²) in [6.07, 6.45) is 3.69. The van der Waals surface area contributed by atoms with E-state index in [1.54, 1.807) is 17.0 Å². The van der Waals surface area contributed by atoms with Crippen molar-refractivity contribution in [2.75, 3.05) is 13.1 Å². The van der Waals surface area contributed by atoms with Crippen LogP contribution in [0.3, 0.4) is 0 Å². The van der Waals surface area contributed by atoms with Gasteiger partial charge >= 0.3 is 25.6 Å². The number of aryl methyl sites for hydroxylation is 1. The number of esters is 1. The van der Waals surface area contributed by atoms with Crippen molar-refractivity contribution in [1.82, 2.24) is 30.4 Å². The van der Waals surface area contributed by atoms with Gasteiger partial charge in [-0.25, -0.2) is 9.59 Å². The Kier molecular flexibility index (Phi) is 14.9. The number of halogens is 2. The van der Waals surface area contributed by atoms with Crippen LogP contribution in [0.15, 0.2) is 66.7 Å². The molecule has 1 aliphatic heterocycles. The Morgan fingerprint density at radius 3 is 2.52 bits per heavy atom. The van der Waals surface area contributed by atoms with Gasteiger partial charge in [-0.1, -0.05) is 67.5 Å². The number of tetrazole rings is 1. The molecule has 54 heavy (non-hydrogen) atoms. The molecular weight excluding hydrogens is 733 g/mol. The number of aliphatic hydroxyl groups is 2. The van der Waals surface area contributed by atoms with Gasteiger partial charge in [-0.3, -0.25) is 9.36 Å². The molecule has 2 aromatic carbocycles. The van der Waals surface area contributed by atoms with Gasteiger partial charge < -0.3 is 39.7 Å². The van der Waals surface area contributed by atoms with E-state index in [1.165, 1.54) is 48.5 Å². The van der Waals surface area contributed by atoms with Gasteiger partial charge in [0.05, 0.1) is 6.04 Å². The summed E-state index contributed by atoms with van der Waals surface area (Å²) in [6.45, 7) is 1.04. The minimum atomic E-state index is -4.75.